The number of hydrogen-bond donors (Lipinski definition) is 4. The summed E-state index contributed by atoms with van der Waals surface area (Å²) in [5, 5.41) is 13.4. The van der Waals surface area contributed by atoms with Gasteiger partial charge in [-0.25, -0.2) is 9.38 Å². The van der Waals surface area contributed by atoms with Crippen LogP contribution in [0.15, 0.2) is 18.2 Å². The maximum atomic E-state index is 13.7. The molecule has 0 unspecified atom stereocenters. The monoisotopic (exact) mass is 396 g/mol. The smallest absolute Gasteiger partial charge is 0.368 e. The molecule has 0 atom stereocenters. The number of fused-ring (bicyclic) bond motifs is 1. The van der Waals surface area contributed by atoms with Crippen molar-refractivity contribution in [3.8, 4) is 0 Å². The quantitative estimate of drug-likeness (QED) is 0.364. The number of aliphatic hydroxyl groups is 1. The van der Waals surface area contributed by atoms with Crippen LogP contribution in [-0.4, -0.2) is 33.7 Å². The minimum atomic E-state index is -0.410. The van der Waals surface area contributed by atoms with E-state index in [4.69, 9.17) is 0 Å². The van der Waals surface area contributed by atoms with Crippen LogP contribution >= 0.6 is 0 Å². The van der Waals surface area contributed by atoms with Crippen molar-refractivity contribution >= 4 is 34.9 Å². The van der Waals surface area contributed by atoms with Gasteiger partial charge in [0.25, 0.3) is 5.91 Å². The van der Waals surface area contributed by atoms with Crippen molar-refractivity contribution < 1.29 is 24.1 Å². The fraction of sp³-hybridized carbons (Fsp3) is 0.318. The van der Waals surface area contributed by atoms with Crippen LogP contribution in [0.1, 0.15) is 53.8 Å². The van der Waals surface area contributed by atoms with E-state index >= 15 is 0 Å². The van der Waals surface area contributed by atoms with Crippen molar-refractivity contribution in [2.75, 3.05) is 5.32 Å². The van der Waals surface area contributed by atoms with E-state index in [2.05, 4.69) is 15.3 Å². The van der Waals surface area contributed by atoms with Crippen LogP contribution in [0, 0.1) is 19.7 Å². The van der Waals surface area contributed by atoms with E-state index in [1.54, 1.807) is 12.1 Å². The molecule has 0 radical (unpaired) electrons. The number of H-pyrrole nitrogens is 1. The molecule has 1 amide bonds. The second-order valence-electron chi connectivity index (χ2n) is 7.67. The number of halogens is 1. The Labute approximate surface area is 167 Å². The maximum Gasteiger partial charge on any atom is 0.368 e. The fourth-order valence-corrected chi connectivity index (χ4v) is 4.07. The van der Waals surface area contributed by atoms with Crippen LogP contribution in [0.4, 0.5) is 10.1 Å². The van der Waals surface area contributed by atoms with Crippen molar-refractivity contribution in [2.45, 2.75) is 45.6 Å². The minimum absolute atomic E-state index is 0.0543. The summed E-state index contributed by atoms with van der Waals surface area (Å²) in [5.41, 5.74) is 4.31. The molecule has 1 aromatic heterocycles. The van der Waals surface area contributed by atoms with Crippen molar-refractivity contribution in [1.82, 2.24) is 4.98 Å². The number of aromatic nitrogens is 1. The SMILES string of the molecule is Cc1[nH]c(/C=C2\C(=O)Nc3ccc(F)cc32)c(C)c1C(O)=[NH+]C1CCC(=O)CC1. The van der Waals surface area contributed by atoms with E-state index in [1.165, 1.54) is 12.1 Å². The Morgan fingerprint density at radius 1 is 1.24 bits per heavy atom. The number of aryl methyl sites for hydroxylation is 1. The minimum Gasteiger partial charge on any atom is -0.460 e. The number of Topliss-reactive ketones (excluding diaryl/α,β-unsaturated/α-hetero) is 1. The zero-order valence-electron chi connectivity index (χ0n) is 16.4. The van der Waals surface area contributed by atoms with Gasteiger partial charge in [-0.3, -0.25) is 9.59 Å². The Morgan fingerprint density at radius 3 is 2.69 bits per heavy atom. The first-order chi connectivity index (χ1) is 13.8. The average Bonchev–Trinajstić information content (AvgIpc) is 3.13. The molecule has 150 valence electrons. The molecule has 1 fully saturated rings. The van der Waals surface area contributed by atoms with Gasteiger partial charge in [0.2, 0.25) is 0 Å². The summed E-state index contributed by atoms with van der Waals surface area (Å²) in [5.74, 6) is -0.385. The van der Waals surface area contributed by atoms with Crippen LogP contribution in [0.2, 0.25) is 0 Å². The lowest BCUT2D eigenvalue weighted by Crippen LogP contribution is -2.80. The largest absolute Gasteiger partial charge is 0.460 e. The summed E-state index contributed by atoms with van der Waals surface area (Å²) in [6, 6.07) is 4.24. The fourth-order valence-electron chi connectivity index (χ4n) is 4.07. The van der Waals surface area contributed by atoms with Crippen LogP contribution in [0.25, 0.3) is 11.6 Å². The molecule has 1 aliphatic carbocycles. The summed E-state index contributed by atoms with van der Waals surface area (Å²) in [6.07, 6.45) is 4.13. The van der Waals surface area contributed by atoms with Gasteiger partial charge in [-0.05, 0) is 43.7 Å². The van der Waals surface area contributed by atoms with E-state index in [0.29, 0.717) is 53.8 Å². The van der Waals surface area contributed by atoms with Crippen molar-refractivity contribution in [1.29, 1.82) is 0 Å². The zero-order chi connectivity index (χ0) is 20.7. The van der Waals surface area contributed by atoms with E-state index in [-0.39, 0.29) is 23.6 Å². The van der Waals surface area contributed by atoms with E-state index < -0.39 is 5.82 Å². The number of aromatic amines is 1. The number of hydrogen-bond acceptors (Lipinski definition) is 2. The molecule has 1 aromatic carbocycles. The summed E-state index contributed by atoms with van der Waals surface area (Å²) >= 11 is 0. The van der Waals surface area contributed by atoms with Gasteiger partial charge in [-0.1, -0.05) is 0 Å². The van der Waals surface area contributed by atoms with E-state index in [0.717, 1.165) is 11.3 Å². The van der Waals surface area contributed by atoms with E-state index in [1.807, 2.05) is 13.8 Å². The third kappa shape index (κ3) is 3.60. The number of rotatable bonds is 3. The molecule has 0 saturated heterocycles. The molecule has 2 aromatic rings. The number of ketones is 1. The molecule has 0 bridgehead atoms. The molecule has 4 N–H and O–H groups in total. The molecule has 7 heteroatoms. The standard InChI is InChI=1S/C22H22FN3O3/c1-11-19(10-17-16-9-13(23)3-8-18(16)26-21(17)28)24-12(2)20(11)22(29)25-14-4-6-15(27)7-5-14/h3,8-10,14,24H,4-7H2,1-2H3,(H,25,29)(H,26,28)/p+1/b17-10-. The predicted octanol–water partition coefficient (Wildman–Crippen LogP) is 2.16. The number of anilines is 1. The second-order valence-corrected chi connectivity index (χ2v) is 7.67. The third-order valence-corrected chi connectivity index (χ3v) is 5.65. The highest BCUT2D eigenvalue weighted by molar-refractivity contribution is 6.34. The first-order valence-corrected chi connectivity index (χ1v) is 9.70. The number of benzene rings is 1. The van der Waals surface area contributed by atoms with Gasteiger partial charge in [-0.15, -0.1) is 0 Å². The molecule has 1 saturated carbocycles. The van der Waals surface area contributed by atoms with Crippen molar-refractivity contribution in [2.24, 2.45) is 0 Å². The van der Waals surface area contributed by atoms with Crippen LogP contribution in [0.3, 0.4) is 0 Å². The molecule has 6 nitrogen and oxygen atoms in total. The number of nitrogens with one attached hydrogen (secondary N) is 3. The molecule has 4 rings (SSSR count). The normalized spacial score (nSPS) is 19.0. The molecule has 29 heavy (non-hydrogen) atoms. The molecule has 0 spiro atoms. The van der Waals surface area contributed by atoms with Crippen LogP contribution in [-0.2, 0) is 9.59 Å². The van der Waals surface area contributed by atoms with Crippen molar-refractivity contribution in [3.63, 3.8) is 0 Å². The summed E-state index contributed by atoms with van der Waals surface area (Å²) in [6.45, 7) is 3.70. The predicted molar refractivity (Wildman–Crippen MR) is 108 cm³/mol. The maximum absolute atomic E-state index is 13.7. The van der Waals surface area contributed by atoms with Crippen LogP contribution in [0.5, 0.6) is 0 Å². The first-order valence-electron chi connectivity index (χ1n) is 9.70. The number of amides is 1. The zero-order valence-corrected chi connectivity index (χ0v) is 16.4. The summed E-state index contributed by atoms with van der Waals surface area (Å²) in [4.78, 5) is 30.1. The van der Waals surface area contributed by atoms with Gasteiger partial charge in [0.1, 0.15) is 17.2 Å². The van der Waals surface area contributed by atoms with Gasteiger partial charge in [0.05, 0.1) is 5.57 Å². The van der Waals surface area contributed by atoms with Crippen LogP contribution < -0.4 is 10.3 Å². The Balaban J connectivity index is 1.68. The first kappa shape index (κ1) is 19.1. The van der Waals surface area contributed by atoms with Gasteiger partial charge in [-0.2, -0.15) is 0 Å². The lowest BCUT2D eigenvalue weighted by atomic mass is 9.95. The summed E-state index contributed by atoms with van der Waals surface area (Å²) in [7, 11) is 0. The average molecular weight is 396 g/mol. The topological polar surface area (TPSA) is 96.2 Å². The highest BCUT2D eigenvalue weighted by atomic mass is 19.1. The van der Waals surface area contributed by atoms with Crippen molar-refractivity contribution in [3.05, 3.63) is 52.1 Å². The Bertz CT molecular complexity index is 1070. The number of carbonyl (C=O) groups is 2. The molecule has 2 heterocycles. The molecular formula is C22H23FN3O3+. The lowest BCUT2D eigenvalue weighted by molar-refractivity contribution is -0.513. The second kappa shape index (κ2) is 7.31. The number of aliphatic hydroxyl groups excluding tert-OH is 1. The Morgan fingerprint density at radius 2 is 1.97 bits per heavy atom. The van der Waals surface area contributed by atoms with E-state index in [9.17, 15) is 19.1 Å². The lowest BCUT2D eigenvalue weighted by Gasteiger charge is -2.12. The van der Waals surface area contributed by atoms with Gasteiger partial charge in [0, 0.05) is 48.3 Å². The summed E-state index contributed by atoms with van der Waals surface area (Å²) < 4.78 is 13.7. The number of carbonyl (C=O) groups excluding carboxylic acids is 2. The Kier molecular flexibility index (Phi) is 4.82. The highest BCUT2D eigenvalue weighted by Gasteiger charge is 2.28. The third-order valence-electron chi connectivity index (χ3n) is 5.65. The van der Waals surface area contributed by atoms with Gasteiger partial charge in [0.15, 0.2) is 6.04 Å². The molecular weight excluding hydrogens is 373 g/mol. The highest BCUT2D eigenvalue weighted by Crippen LogP contribution is 2.34. The molecule has 2 aliphatic rings. The Hall–Kier alpha value is -3.22. The van der Waals surface area contributed by atoms with Gasteiger partial charge < -0.3 is 15.4 Å². The molecule has 1 aliphatic heterocycles. The van der Waals surface area contributed by atoms with Gasteiger partial charge >= 0.3 is 5.90 Å².